The van der Waals surface area contributed by atoms with Gasteiger partial charge in [0.25, 0.3) is 0 Å². The Labute approximate surface area is 103 Å². The van der Waals surface area contributed by atoms with Crippen LogP contribution in [0.5, 0.6) is 5.75 Å². The van der Waals surface area contributed by atoms with Crippen molar-refractivity contribution in [3.63, 3.8) is 0 Å². The summed E-state index contributed by atoms with van der Waals surface area (Å²) in [7, 11) is 1.62. The topological polar surface area (TPSA) is 29.5 Å². The molecule has 0 aromatic heterocycles. The van der Waals surface area contributed by atoms with Gasteiger partial charge in [0.2, 0.25) is 0 Å². The molecule has 0 unspecified atom stereocenters. The van der Waals surface area contributed by atoms with E-state index in [0.717, 1.165) is 22.1 Å². The van der Waals surface area contributed by atoms with Crippen LogP contribution in [-0.4, -0.2) is 12.2 Å². The molecule has 0 saturated heterocycles. The molecule has 0 amide bonds. The van der Waals surface area contributed by atoms with Gasteiger partial charge in [-0.1, -0.05) is 43.7 Å². The molecule has 2 rings (SSSR count). The van der Waals surface area contributed by atoms with Crippen molar-refractivity contribution in [2.75, 3.05) is 7.11 Å². The van der Waals surface area contributed by atoms with Gasteiger partial charge < -0.3 is 9.84 Å². The maximum atomic E-state index is 9.34. The molecule has 2 nitrogen and oxygen atoms in total. The van der Waals surface area contributed by atoms with Crippen molar-refractivity contribution in [3.05, 3.63) is 41.5 Å². The monoisotopic (exact) mass is 232 g/mol. The number of aliphatic hydroxyl groups excluding tert-OH is 1. The van der Waals surface area contributed by atoms with Crippen LogP contribution < -0.4 is 4.74 Å². The van der Waals surface area contributed by atoms with E-state index in [1.54, 1.807) is 7.11 Å². The van der Waals surface area contributed by atoms with Crippen molar-refractivity contribution in [2.45, 2.75) is 27.4 Å². The van der Waals surface area contributed by atoms with E-state index < -0.39 is 0 Å². The van der Waals surface area contributed by atoms with E-state index in [2.05, 4.69) is 13.0 Å². The average molecular weight is 232 g/mol. The lowest BCUT2D eigenvalue weighted by Gasteiger charge is -2.10. The molecular weight excluding hydrogens is 212 g/mol. The molecule has 0 bridgehead atoms. The average Bonchev–Trinajstić information content (AvgIpc) is 2.39. The van der Waals surface area contributed by atoms with E-state index in [1.807, 2.05) is 38.1 Å². The first-order valence-electron chi connectivity index (χ1n) is 5.93. The minimum Gasteiger partial charge on any atom is -0.496 e. The standard InChI is InChI=1S/C13H14O2.C2H6/c1-9-3-5-11-10(7-9)4-6-13(15-2)12(11)8-14;1-2/h3-7,14H,8H2,1-2H3;1-2H3. The third-order valence-electron chi connectivity index (χ3n) is 2.62. The fourth-order valence-corrected chi connectivity index (χ4v) is 1.85. The highest BCUT2D eigenvalue weighted by atomic mass is 16.5. The summed E-state index contributed by atoms with van der Waals surface area (Å²) in [5.41, 5.74) is 2.08. The number of methoxy groups -OCH3 is 1. The minimum atomic E-state index is 0.00355. The molecule has 0 fully saturated rings. The van der Waals surface area contributed by atoms with Gasteiger partial charge in [0, 0.05) is 5.56 Å². The zero-order valence-electron chi connectivity index (χ0n) is 10.9. The maximum Gasteiger partial charge on any atom is 0.125 e. The molecule has 0 aliphatic rings. The SMILES string of the molecule is CC.COc1ccc2cc(C)ccc2c1CO. The van der Waals surface area contributed by atoms with Crippen molar-refractivity contribution in [1.29, 1.82) is 0 Å². The van der Waals surface area contributed by atoms with Gasteiger partial charge in [0.05, 0.1) is 13.7 Å². The van der Waals surface area contributed by atoms with Crippen LogP contribution in [-0.2, 0) is 6.61 Å². The first-order valence-corrected chi connectivity index (χ1v) is 5.93. The Morgan fingerprint density at radius 3 is 2.41 bits per heavy atom. The Bertz CT molecular complexity index is 489. The number of fused-ring (bicyclic) bond motifs is 1. The van der Waals surface area contributed by atoms with Crippen LogP contribution in [0.2, 0.25) is 0 Å². The first-order chi connectivity index (χ1) is 8.26. The van der Waals surface area contributed by atoms with Crippen LogP contribution in [0.4, 0.5) is 0 Å². The van der Waals surface area contributed by atoms with Gasteiger partial charge >= 0.3 is 0 Å². The summed E-state index contributed by atoms with van der Waals surface area (Å²) in [4.78, 5) is 0. The van der Waals surface area contributed by atoms with E-state index in [0.29, 0.717) is 0 Å². The van der Waals surface area contributed by atoms with Gasteiger partial charge in [-0.15, -0.1) is 0 Å². The van der Waals surface area contributed by atoms with Crippen molar-refractivity contribution in [1.82, 2.24) is 0 Å². The van der Waals surface area contributed by atoms with Crippen molar-refractivity contribution in [3.8, 4) is 5.75 Å². The summed E-state index contributed by atoms with van der Waals surface area (Å²) < 4.78 is 5.21. The number of aryl methyl sites for hydroxylation is 1. The van der Waals surface area contributed by atoms with E-state index in [4.69, 9.17) is 4.74 Å². The van der Waals surface area contributed by atoms with Gasteiger partial charge in [-0.25, -0.2) is 0 Å². The summed E-state index contributed by atoms with van der Waals surface area (Å²) in [5.74, 6) is 0.744. The van der Waals surface area contributed by atoms with Gasteiger partial charge in [0.1, 0.15) is 5.75 Å². The molecule has 1 N–H and O–H groups in total. The number of aliphatic hydroxyl groups is 1. The van der Waals surface area contributed by atoms with Crippen LogP contribution >= 0.6 is 0 Å². The Morgan fingerprint density at radius 2 is 1.82 bits per heavy atom. The second-order valence-electron chi connectivity index (χ2n) is 3.63. The summed E-state index contributed by atoms with van der Waals surface area (Å²) >= 11 is 0. The van der Waals surface area contributed by atoms with Crippen LogP contribution in [0.15, 0.2) is 30.3 Å². The highest BCUT2D eigenvalue weighted by Gasteiger charge is 2.06. The molecule has 2 heteroatoms. The van der Waals surface area contributed by atoms with Crippen LogP contribution in [0, 0.1) is 6.92 Å². The van der Waals surface area contributed by atoms with Crippen molar-refractivity contribution in [2.24, 2.45) is 0 Å². The Balaban J connectivity index is 0.000000686. The summed E-state index contributed by atoms with van der Waals surface area (Å²) in [6, 6.07) is 10.1. The molecular formula is C15H20O2. The summed E-state index contributed by atoms with van der Waals surface area (Å²) in [6.07, 6.45) is 0. The fraction of sp³-hybridized carbons (Fsp3) is 0.333. The van der Waals surface area contributed by atoms with Crippen LogP contribution in [0.1, 0.15) is 25.0 Å². The van der Waals surface area contributed by atoms with Crippen LogP contribution in [0.3, 0.4) is 0 Å². The largest absolute Gasteiger partial charge is 0.496 e. The van der Waals surface area contributed by atoms with Gasteiger partial charge in [0.15, 0.2) is 0 Å². The number of ether oxygens (including phenoxy) is 1. The normalized spacial score (nSPS) is 9.71. The van der Waals surface area contributed by atoms with E-state index in [1.165, 1.54) is 5.56 Å². The molecule has 0 saturated carbocycles. The van der Waals surface area contributed by atoms with Gasteiger partial charge in [-0.3, -0.25) is 0 Å². The molecule has 0 atom stereocenters. The fourth-order valence-electron chi connectivity index (χ4n) is 1.85. The zero-order valence-corrected chi connectivity index (χ0v) is 10.9. The smallest absolute Gasteiger partial charge is 0.125 e. The van der Waals surface area contributed by atoms with Gasteiger partial charge in [-0.05, 0) is 23.8 Å². The Morgan fingerprint density at radius 1 is 1.12 bits per heavy atom. The van der Waals surface area contributed by atoms with Crippen LogP contribution in [0.25, 0.3) is 10.8 Å². The molecule has 0 heterocycles. The highest BCUT2D eigenvalue weighted by Crippen LogP contribution is 2.28. The quantitative estimate of drug-likeness (QED) is 0.856. The Kier molecular flexibility index (Phi) is 4.98. The molecule has 0 spiro atoms. The summed E-state index contributed by atoms with van der Waals surface area (Å²) in [6.45, 7) is 6.06. The second kappa shape index (κ2) is 6.26. The third kappa shape index (κ3) is 2.77. The molecule has 0 aliphatic heterocycles. The molecule has 17 heavy (non-hydrogen) atoms. The predicted octanol–water partition coefficient (Wildman–Crippen LogP) is 3.68. The lowest BCUT2D eigenvalue weighted by Crippen LogP contribution is -1.93. The van der Waals surface area contributed by atoms with Crippen molar-refractivity contribution < 1.29 is 9.84 Å². The van der Waals surface area contributed by atoms with Gasteiger partial charge in [-0.2, -0.15) is 0 Å². The maximum absolute atomic E-state index is 9.34. The van der Waals surface area contributed by atoms with E-state index in [-0.39, 0.29) is 6.61 Å². The molecule has 0 radical (unpaired) electrons. The third-order valence-corrected chi connectivity index (χ3v) is 2.62. The number of rotatable bonds is 2. The lowest BCUT2D eigenvalue weighted by molar-refractivity contribution is 0.275. The lowest BCUT2D eigenvalue weighted by atomic mass is 10.0. The number of benzene rings is 2. The van der Waals surface area contributed by atoms with Crippen molar-refractivity contribution >= 4 is 10.8 Å². The summed E-state index contributed by atoms with van der Waals surface area (Å²) in [5, 5.41) is 11.5. The highest BCUT2D eigenvalue weighted by molar-refractivity contribution is 5.88. The number of hydrogen-bond donors (Lipinski definition) is 1. The zero-order chi connectivity index (χ0) is 12.8. The van der Waals surface area contributed by atoms with E-state index >= 15 is 0 Å². The molecule has 2 aromatic carbocycles. The minimum absolute atomic E-state index is 0.00355. The van der Waals surface area contributed by atoms with E-state index in [9.17, 15) is 5.11 Å². The first kappa shape index (κ1) is 13.5. The second-order valence-corrected chi connectivity index (χ2v) is 3.63. The predicted molar refractivity (Wildman–Crippen MR) is 72.5 cm³/mol. The number of hydrogen-bond acceptors (Lipinski definition) is 2. The molecule has 92 valence electrons. The molecule has 0 aliphatic carbocycles. The molecule has 2 aromatic rings. The Hall–Kier alpha value is -1.54.